The van der Waals surface area contributed by atoms with E-state index in [0.29, 0.717) is 0 Å². The summed E-state index contributed by atoms with van der Waals surface area (Å²) in [7, 11) is 0. The maximum Gasteiger partial charge on any atom is 0.0812 e. The van der Waals surface area contributed by atoms with Crippen LogP contribution in [0.15, 0.2) is 134 Å². The highest BCUT2D eigenvalue weighted by atomic mass is 15.1. The van der Waals surface area contributed by atoms with E-state index in [2.05, 4.69) is 124 Å². The molecule has 4 aromatic heterocycles. The molecule has 40 heavy (non-hydrogen) atoms. The largest absolute Gasteiger partial charge is 0.307 e. The number of para-hydroxylation sites is 3. The van der Waals surface area contributed by atoms with Crippen LogP contribution in [0.4, 0.5) is 0 Å². The van der Waals surface area contributed by atoms with Gasteiger partial charge in [0.15, 0.2) is 0 Å². The maximum atomic E-state index is 5.03. The summed E-state index contributed by atoms with van der Waals surface area (Å²) in [6.45, 7) is 0. The molecule has 0 radical (unpaired) electrons. The van der Waals surface area contributed by atoms with Crippen LogP contribution in [-0.4, -0.2) is 19.1 Å². The summed E-state index contributed by atoms with van der Waals surface area (Å²) in [5.74, 6) is 0. The molecule has 5 aromatic carbocycles. The van der Waals surface area contributed by atoms with E-state index in [1.807, 2.05) is 18.6 Å². The summed E-state index contributed by atoms with van der Waals surface area (Å²) in [4.78, 5) is 9.73. The topological polar surface area (TPSA) is 35.6 Å². The zero-order valence-corrected chi connectivity index (χ0v) is 21.5. The van der Waals surface area contributed by atoms with E-state index in [1.54, 1.807) is 0 Å². The number of benzene rings is 5. The van der Waals surface area contributed by atoms with Crippen molar-refractivity contribution >= 4 is 65.3 Å². The van der Waals surface area contributed by atoms with Crippen LogP contribution in [0.25, 0.3) is 76.7 Å². The fourth-order valence-corrected chi connectivity index (χ4v) is 6.62. The summed E-state index contributed by atoms with van der Waals surface area (Å²) < 4.78 is 4.84. The fraction of sp³-hybridized carbons (Fsp3) is 0. The van der Waals surface area contributed by atoms with Crippen LogP contribution in [0, 0.1) is 0 Å². The molecule has 0 aliphatic heterocycles. The Hall–Kier alpha value is -5.48. The van der Waals surface area contributed by atoms with Crippen LogP contribution in [0.5, 0.6) is 0 Å². The van der Waals surface area contributed by atoms with Gasteiger partial charge >= 0.3 is 0 Å². The molecule has 0 fully saturated rings. The molecule has 0 aliphatic rings. The normalized spacial score (nSPS) is 12.0. The van der Waals surface area contributed by atoms with E-state index in [1.165, 1.54) is 27.2 Å². The van der Waals surface area contributed by atoms with Gasteiger partial charge < -0.3 is 9.13 Å². The number of aromatic nitrogens is 4. The Labute approximate surface area is 229 Å². The third kappa shape index (κ3) is 2.74. The highest BCUT2D eigenvalue weighted by molar-refractivity contribution is 6.35. The standard InChI is InChI=1S/C36H22N4/c1-2-12-24(13-3-1)39-29-18-8-6-15-26(29)32-28-17-10-20-38-34(28)33-27-16-7-9-19-30(27)40(36(33)35(32)39)31-22-37-21-23-11-4-5-14-25(23)31/h1-22H. The van der Waals surface area contributed by atoms with E-state index < -0.39 is 0 Å². The second-order valence-electron chi connectivity index (χ2n) is 10.3. The molecule has 4 nitrogen and oxygen atoms in total. The Kier molecular flexibility index (Phi) is 4.30. The average molecular weight is 511 g/mol. The molecule has 0 bridgehead atoms. The van der Waals surface area contributed by atoms with Gasteiger partial charge in [0.05, 0.1) is 39.5 Å². The van der Waals surface area contributed by atoms with E-state index in [-0.39, 0.29) is 0 Å². The SMILES string of the molecule is c1ccc(-n2c3ccccc3c3c4cccnc4c4c5ccccc5n(-c5cncc6ccccc56)c4c32)cc1. The summed E-state index contributed by atoms with van der Waals surface area (Å²) in [6, 6.07) is 40.9. The molecular formula is C36H22N4. The molecule has 4 heteroatoms. The van der Waals surface area contributed by atoms with Crippen molar-refractivity contribution in [3.63, 3.8) is 0 Å². The first-order valence-corrected chi connectivity index (χ1v) is 13.5. The number of hydrogen-bond acceptors (Lipinski definition) is 2. The van der Waals surface area contributed by atoms with Crippen molar-refractivity contribution in [2.45, 2.75) is 0 Å². The molecule has 0 saturated heterocycles. The Balaban J connectivity index is 1.67. The van der Waals surface area contributed by atoms with Crippen LogP contribution in [0.3, 0.4) is 0 Å². The molecule has 0 spiro atoms. The summed E-state index contributed by atoms with van der Waals surface area (Å²) in [6.07, 6.45) is 5.86. The lowest BCUT2D eigenvalue weighted by Crippen LogP contribution is -2.00. The average Bonchev–Trinajstić information content (AvgIpc) is 3.55. The van der Waals surface area contributed by atoms with Gasteiger partial charge in [0.25, 0.3) is 0 Å². The van der Waals surface area contributed by atoms with Gasteiger partial charge in [-0.05, 0) is 30.3 Å². The smallest absolute Gasteiger partial charge is 0.0812 e. The van der Waals surface area contributed by atoms with Gasteiger partial charge in [-0.25, -0.2) is 0 Å². The van der Waals surface area contributed by atoms with E-state index in [9.17, 15) is 0 Å². The van der Waals surface area contributed by atoms with Crippen molar-refractivity contribution in [1.29, 1.82) is 0 Å². The van der Waals surface area contributed by atoms with Crippen molar-refractivity contribution in [3.8, 4) is 11.4 Å². The highest BCUT2D eigenvalue weighted by Gasteiger charge is 2.25. The summed E-state index contributed by atoms with van der Waals surface area (Å²) in [5, 5.41) is 8.21. The minimum atomic E-state index is 1.02. The third-order valence-corrected chi connectivity index (χ3v) is 8.19. The van der Waals surface area contributed by atoms with Gasteiger partial charge in [-0.15, -0.1) is 0 Å². The first-order valence-electron chi connectivity index (χ1n) is 13.5. The van der Waals surface area contributed by atoms with Crippen molar-refractivity contribution < 1.29 is 0 Å². The number of rotatable bonds is 2. The third-order valence-electron chi connectivity index (χ3n) is 8.19. The first-order chi connectivity index (χ1) is 19.9. The number of nitrogens with zero attached hydrogens (tertiary/aromatic N) is 4. The van der Waals surface area contributed by atoms with Crippen LogP contribution in [-0.2, 0) is 0 Å². The summed E-state index contributed by atoms with van der Waals surface area (Å²) in [5.41, 5.74) is 7.84. The van der Waals surface area contributed by atoms with Crippen molar-refractivity contribution in [2.24, 2.45) is 0 Å². The number of pyridine rings is 2. The van der Waals surface area contributed by atoms with Gasteiger partial charge in [-0.2, -0.15) is 0 Å². The molecule has 186 valence electrons. The van der Waals surface area contributed by atoms with E-state index >= 15 is 0 Å². The molecule has 0 unspecified atom stereocenters. The van der Waals surface area contributed by atoms with E-state index in [4.69, 9.17) is 9.97 Å². The lowest BCUT2D eigenvalue weighted by molar-refractivity contribution is 1.14. The molecule has 0 saturated carbocycles. The first kappa shape index (κ1) is 21.5. The van der Waals surface area contributed by atoms with Crippen molar-refractivity contribution in [2.75, 3.05) is 0 Å². The minimum Gasteiger partial charge on any atom is -0.307 e. The highest BCUT2D eigenvalue weighted by Crippen LogP contribution is 2.46. The Bertz CT molecular complexity index is 2430. The van der Waals surface area contributed by atoms with Gasteiger partial charge in [0, 0.05) is 55.8 Å². The maximum absolute atomic E-state index is 5.03. The van der Waals surface area contributed by atoms with Gasteiger partial charge in [-0.3, -0.25) is 9.97 Å². The molecule has 0 N–H and O–H groups in total. The molecule has 0 aliphatic carbocycles. The predicted molar refractivity (Wildman–Crippen MR) is 166 cm³/mol. The Morgan fingerprint density at radius 2 is 1.10 bits per heavy atom. The van der Waals surface area contributed by atoms with E-state index in [0.717, 1.165) is 49.5 Å². The minimum absolute atomic E-state index is 1.02. The van der Waals surface area contributed by atoms with Gasteiger partial charge in [0.1, 0.15) is 0 Å². The van der Waals surface area contributed by atoms with Crippen LogP contribution in [0.1, 0.15) is 0 Å². The van der Waals surface area contributed by atoms with Crippen molar-refractivity contribution in [1.82, 2.24) is 19.1 Å². The second-order valence-corrected chi connectivity index (χ2v) is 10.3. The summed E-state index contributed by atoms with van der Waals surface area (Å²) >= 11 is 0. The molecule has 9 aromatic rings. The quantitative estimate of drug-likeness (QED) is 0.233. The zero-order valence-electron chi connectivity index (χ0n) is 21.5. The number of fused-ring (bicyclic) bond motifs is 11. The monoisotopic (exact) mass is 510 g/mol. The number of hydrogen-bond donors (Lipinski definition) is 0. The second kappa shape index (κ2) is 8.01. The molecule has 0 amide bonds. The molecule has 0 atom stereocenters. The Morgan fingerprint density at radius 3 is 1.93 bits per heavy atom. The lowest BCUT2D eigenvalue weighted by atomic mass is 10.0. The van der Waals surface area contributed by atoms with Crippen molar-refractivity contribution in [3.05, 3.63) is 134 Å². The Morgan fingerprint density at radius 1 is 0.475 bits per heavy atom. The lowest BCUT2D eigenvalue weighted by Gasteiger charge is -2.14. The zero-order chi connectivity index (χ0) is 26.2. The fourth-order valence-electron chi connectivity index (χ4n) is 6.62. The van der Waals surface area contributed by atoms with Crippen LogP contribution in [0.2, 0.25) is 0 Å². The predicted octanol–water partition coefficient (Wildman–Crippen LogP) is 8.98. The molecule has 9 rings (SSSR count). The molecule has 4 heterocycles. The molecular weight excluding hydrogens is 488 g/mol. The van der Waals surface area contributed by atoms with Gasteiger partial charge in [0.2, 0.25) is 0 Å². The van der Waals surface area contributed by atoms with Gasteiger partial charge in [-0.1, -0.05) is 84.9 Å². The van der Waals surface area contributed by atoms with Crippen LogP contribution >= 0.6 is 0 Å². The van der Waals surface area contributed by atoms with Crippen LogP contribution < -0.4 is 0 Å².